The van der Waals surface area contributed by atoms with Gasteiger partial charge in [-0.3, -0.25) is 10.1 Å². The maximum atomic E-state index is 14.1. The van der Waals surface area contributed by atoms with Gasteiger partial charge in [0.2, 0.25) is 5.13 Å². The third-order valence-corrected chi connectivity index (χ3v) is 7.48. The summed E-state index contributed by atoms with van der Waals surface area (Å²) in [6, 6.07) is 14.3. The average Bonchev–Trinajstić information content (AvgIpc) is 3.31. The molecule has 1 amide bonds. The van der Waals surface area contributed by atoms with Crippen molar-refractivity contribution in [1.82, 2.24) is 10.2 Å². The van der Waals surface area contributed by atoms with Gasteiger partial charge in [0.05, 0.1) is 16.5 Å². The van der Waals surface area contributed by atoms with Crippen molar-refractivity contribution >= 4 is 55.6 Å². The number of nitrogens with zero attached hydrogens (tertiary/aromatic N) is 3. The number of rotatable bonds is 5. The molecular weight excluding hydrogens is 427 g/mol. The molecule has 1 N–H and O–H groups in total. The second-order valence-corrected chi connectivity index (χ2v) is 9.35. The lowest BCUT2D eigenvalue weighted by Gasteiger charge is -2.00. The van der Waals surface area contributed by atoms with Gasteiger partial charge in [0.25, 0.3) is 5.91 Å². The fourth-order valence-corrected chi connectivity index (χ4v) is 5.58. The number of anilines is 1. The molecule has 0 saturated heterocycles. The van der Waals surface area contributed by atoms with E-state index in [4.69, 9.17) is 5.26 Å². The molecule has 0 radical (unpaired) electrons. The summed E-state index contributed by atoms with van der Waals surface area (Å²) in [5, 5.41) is 20.6. The van der Waals surface area contributed by atoms with Crippen molar-refractivity contribution in [2.75, 3.05) is 5.32 Å². The highest BCUT2D eigenvalue weighted by molar-refractivity contribution is 8.00. The van der Waals surface area contributed by atoms with Gasteiger partial charge in [0.1, 0.15) is 5.82 Å². The van der Waals surface area contributed by atoms with Crippen molar-refractivity contribution in [1.29, 1.82) is 5.26 Å². The van der Waals surface area contributed by atoms with Crippen LogP contribution in [0.2, 0.25) is 0 Å². The molecule has 0 fully saturated rings. The summed E-state index contributed by atoms with van der Waals surface area (Å²) in [6.45, 7) is 1.75. The van der Waals surface area contributed by atoms with Gasteiger partial charge in [-0.15, -0.1) is 21.5 Å². The van der Waals surface area contributed by atoms with Crippen molar-refractivity contribution in [3.05, 3.63) is 69.8 Å². The first-order valence-electron chi connectivity index (χ1n) is 8.49. The van der Waals surface area contributed by atoms with E-state index in [9.17, 15) is 9.18 Å². The normalized spacial score (nSPS) is 10.8. The minimum Gasteiger partial charge on any atom is -0.296 e. The summed E-state index contributed by atoms with van der Waals surface area (Å²) in [6.07, 6.45) is 0. The molecule has 2 heterocycles. The van der Waals surface area contributed by atoms with Gasteiger partial charge < -0.3 is 0 Å². The third-order valence-electron chi connectivity index (χ3n) is 4.18. The Morgan fingerprint density at radius 3 is 2.72 bits per heavy atom. The molecule has 5 nitrogen and oxygen atoms in total. The van der Waals surface area contributed by atoms with Crippen LogP contribution in [-0.4, -0.2) is 16.1 Å². The Morgan fingerprint density at radius 2 is 2.00 bits per heavy atom. The number of halogens is 1. The van der Waals surface area contributed by atoms with Crippen LogP contribution in [0.15, 0.2) is 46.8 Å². The van der Waals surface area contributed by atoms with Crippen molar-refractivity contribution in [2.24, 2.45) is 0 Å². The minimum atomic E-state index is -0.326. The molecule has 2 aromatic heterocycles. The number of benzene rings is 2. The lowest BCUT2D eigenvalue weighted by atomic mass is 10.1. The largest absolute Gasteiger partial charge is 0.296 e. The molecule has 0 atom stereocenters. The Bertz CT molecular complexity index is 1240. The minimum absolute atomic E-state index is 0.317. The lowest BCUT2D eigenvalue weighted by Crippen LogP contribution is -2.11. The molecule has 0 spiro atoms. The Labute approximate surface area is 178 Å². The van der Waals surface area contributed by atoms with Crippen LogP contribution in [0.25, 0.3) is 10.1 Å². The number of carbonyl (C=O) groups excluding carboxylic acids is 1. The van der Waals surface area contributed by atoms with E-state index in [1.165, 1.54) is 40.5 Å². The fourth-order valence-electron chi connectivity index (χ4n) is 2.76. The Morgan fingerprint density at radius 1 is 1.21 bits per heavy atom. The molecule has 4 rings (SSSR count). The number of aromatic nitrogens is 2. The van der Waals surface area contributed by atoms with Gasteiger partial charge in [-0.25, -0.2) is 4.39 Å². The number of amides is 1. The maximum Gasteiger partial charge on any atom is 0.267 e. The van der Waals surface area contributed by atoms with E-state index < -0.39 is 0 Å². The molecular formula is C20H13FN4OS3. The van der Waals surface area contributed by atoms with Gasteiger partial charge in [-0.1, -0.05) is 41.3 Å². The number of nitriles is 1. The van der Waals surface area contributed by atoms with Gasteiger partial charge in [-0.05, 0) is 42.3 Å². The zero-order chi connectivity index (χ0) is 20.4. The monoisotopic (exact) mass is 440 g/mol. The van der Waals surface area contributed by atoms with Gasteiger partial charge in [0.15, 0.2) is 4.34 Å². The molecule has 29 heavy (non-hydrogen) atoms. The van der Waals surface area contributed by atoms with E-state index in [2.05, 4.69) is 21.6 Å². The highest BCUT2D eigenvalue weighted by Crippen LogP contribution is 2.34. The van der Waals surface area contributed by atoms with Crippen LogP contribution < -0.4 is 5.32 Å². The van der Waals surface area contributed by atoms with E-state index in [0.29, 0.717) is 32.3 Å². The van der Waals surface area contributed by atoms with Crippen molar-refractivity contribution in [3.63, 3.8) is 0 Å². The van der Waals surface area contributed by atoms with E-state index in [1.807, 2.05) is 12.1 Å². The molecule has 0 aliphatic rings. The van der Waals surface area contributed by atoms with Crippen molar-refractivity contribution in [2.45, 2.75) is 17.0 Å². The first-order valence-corrected chi connectivity index (χ1v) is 11.1. The first kappa shape index (κ1) is 19.5. The van der Waals surface area contributed by atoms with Crippen LogP contribution in [0, 0.1) is 24.1 Å². The molecule has 0 aliphatic carbocycles. The molecule has 0 bridgehead atoms. The molecule has 0 aliphatic heterocycles. The van der Waals surface area contributed by atoms with Crippen LogP contribution in [0.3, 0.4) is 0 Å². The van der Waals surface area contributed by atoms with Gasteiger partial charge in [0, 0.05) is 15.8 Å². The third kappa shape index (κ3) is 4.15. The Hall–Kier alpha value is -2.80. The SMILES string of the molecule is Cc1c(C(=O)Nc2nnc(SCc3ccc(C#N)cc3)s2)sc2cccc(F)c12. The van der Waals surface area contributed by atoms with E-state index >= 15 is 0 Å². The second-order valence-electron chi connectivity index (χ2n) is 6.09. The Balaban J connectivity index is 1.43. The van der Waals surface area contributed by atoms with Crippen LogP contribution in [0.4, 0.5) is 9.52 Å². The van der Waals surface area contributed by atoms with Crippen LogP contribution in [0.5, 0.6) is 0 Å². The number of hydrogen-bond acceptors (Lipinski definition) is 7. The number of nitrogens with one attached hydrogen (secondary N) is 1. The first-order chi connectivity index (χ1) is 14.0. The quantitative estimate of drug-likeness (QED) is 0.322. The van der Waals surface area contributed by atoms with E-state index in [1.54, 1.807) is 31.2 Å². The zero-order valence-corrected chi connectivity index (χ0v) is 17.6. The number of aryl methyl sites for hydroxylation is 1. The van der Waals surface area contributed by atoms with Crippen molar-refractivity contribution < 1.29 is 9.18 Å². The maximum absolute atomic E-state index is 14.1. The van der Waals surface area contributed by atoms with Crippen molar-refractivity contribution in [3.8, 4) is 6.07 Å². The van der Waals surface area contributed by atoms with Crippen LogP contribution in [-0.2, 0) is 5.75 Å². The van der Waals surface area contributed by atoms with E-state index in [-0.39, 0.29) is 11.7 Å². The summed E-state index contributed by atoms with van der Waals surface area (Å²) >= 11 is 4.05. The number of fused-ring (bicyclic) bond motifs is 1. The summed E-state index contributed by atoms with van der Waals surface area (Å²) in [7, 11) is 0. The predicted octanol–water partition coefficient (Wildman–Crippen LogP) is 5.62. The van der Waals surface area contributed by atoms with Gasteiger partial charge >= 0.3 is 0 Å². The summed E-state index contributed by atoms with van der Waals surface area (Å²) in [4.78, 5) is 13.1. The number of thiophene rings is 1. The zero-order valence-electron chi connectivity index (χ0n) is 15.1. The molecule has 144 valence electrons. The van der Waals surface area contributed by atoms with Crippen LogP contribution in [0.1, 0.15) is 26.4 Å². The molecule has 0 saturated carbocycles. The smallest absolute Gasteiger partial charge is 0.267 e. The highest BCUT2D eigenvalue weighted by Gasteiger charge is 2.19. The molecule has 2 aromatic carbocycles. The molecule has 4 aromatic rings. The predicted molar refractivity (Wildman–Crippen MR) is 115 cm³/mol. The molecule has 9 heteroatoms. The van der Waals surface area contributed by atoms with Crippen LogP contribution >= 0.6 is 34.4 Å². The topological polar surface area (TPSA) is 78.7 Å². The average molecular weight is 441 g/mol. The number of hydrogen-bond donors (Lipinski definition) is 1. The van der Waals surface area contributed by atoms with E-state index in [0.717, 1.165) is 14.6 Å². The highest BCUT2D eigenvalue weighted by atomic mass is 32.2. The number of thioether (sulfide) groups is 1. The summed E-state index contributed by atoms with van der Waals surface area (Å²) in [5.74, 6) is 0.0406. The Kier molecular flexibility index (Phi) is 5.58. The summed E-state index contributed by atoms with van der Waals surface area (Å²) < 4.78 is 15.5. The summed E-state index contributed by atoms with van der Waals surface area (Å²) in [5.41, 5.74) is 2.31. The molecule has 0 unspecified atom stereocenters. The second kappa shape index (κ2) is 8.29. The van der Waals surface area contributed by atoms with Gasteiger partial charge in [-0.2, -0.15) is 5.26 Å². The number of carbonyl (C=O) groups is 1. The standard InChI is InChI=1S/C20H13FN4OS3/c1-11-16-14(21)3-2-4-15(16)28-17(11)18(26)23-19-24-25-20(29-19)27-10-13-7-5-12(9-22)6-8-13/h2-8H,10H2,1H3,(H,23,24,26). The fraction of sp³-hybridized carbons (Fsp3) is 0.100. The lowest BCUT2D eigenvalue weighted by molar-refractivity contribution is 0.103.